The van der Waals surface area contributed by atoms with Gasteiger partial charge >= 0.3 is 23.1 Å². The summed E-state index contributed by atoms with van der Waals surface area (Å²) in [6.07, 6.45) is 0.781. The van der Waals surface area contributed by atoms with Crippen molar-refractivity contribution >= 4 is 22.8 Å². The van der Waals surface area contributed by atoms with E-state index in [1.54, 1.807) is 0 Å². The molecule has 1 aromatic carbocycles. The molecule has 8 nitrogen and oxygen atoms in total. The number of aromatic nitrogens is 2. The average Bonchev–Trinajstić information content (AvgIpc) is 3.31. The van der Waals surface area contributed by atoms with Gasteiger partial charge in [-0.1, -0.05) is 59.7 Å². The van der Waals surface area contributed by atoms with E-state index in [9.17, 15) is 0 Å². The summed E-state index contributed by atoms with van der Waals surface area (Å²) in [7, 11) is -5.19. The maximum Gasteiger partial charge on any atom is 0.335 e. The summed E-state index contributed by atoms with van der Waals surface area (Å²) < 4.78 is 35.6. The van der Waals surface area contributed by atoms with Crippen LogP contribution >= 0.6 is 0 Å². The van der Waals surface area contributed by atoms with Gasteiger partial charge in [-0.15, -0.1) is 0 Å². The molecular formula is C25H37N3O5Si2. The van der Waals surface area contributed by atoms with Crippen molar-refractivity contribution in [2.75, 3.05) is 6.61 Å². The summed E-state index contributed by atoms with van der Waals surface area (Å²) in [6.45, 7) is 15.8. The van der Waals surface area contributed by atoms with Crippen LogP contribution in [0.2, 0.25) is 23.2 Å². The molecule has 1 aromatic heterocycles. The van der Waals surface area contributed by atoms with Crippen LogP contribution in [-0.4, -0.2) is 51.6 Å². The Labute approximate surface area is 209 Å². The molecule has 0 saturated carbocycles. The number of hydrogen-bond acceptors (Lipinski definition) is 7. The Morgan fingerprint density at radius 1 is 0.971 bits per heavy atom. The first kappa shape index (κ1) is 24.8. The highest BCUT2D eigenvalue weighted by molar-refractivity contribution is 6.82. The zero-order valence-corrected chi connectivity index (χ0v) is 23.7. The Balaban J connectivity index is 1.48. The van der Waals surface area contributed by atoms with Crippen molar-refractivity contribution < 1.29 is 22.4 Å². The third kappa shape index (κ3) is 4.34. The van der Waals surface area contributed by atoms with Gasteiger partial charge in [0, 0.05) is 6.20 Å². The molecule has 10 heteroatoms. The van der Waals surface area contributed by atoms with E-state index >= 15 is 0 Å². The molecule has 0 radical (unpaired) electrons. The molecule has 4 heterocycles. The number of ether oxygens (including phenoxy) is 2. The zero-order valence-electron chi connectivity index (χ0n) is 21.7. The van der Waals surface area contributed by atoms with Gasteiger partial charge < -0.3 is 22.4 Å². The number of fused-ring (bicyclic) bond motifs is 5. The fourth-order valence-electron chi connectivity index (χ4n) is 5.13. The minimum Gasteiger partial charge on any atom is -0.454 e. The molecule has 2 aromatic rings. The van der Waals surface area contributed by atoms with Crippen molar-refractivity contribution in [3.63, 3.8) is 0 Å². The second kappa shape index (κ2) is 9.24. The van der Waals surface area contributed by atoms with Gasteiger partial charge in [0.25, 0.3) is 0 Å². The fraction of sp³-hybridized carbons (Fsp3) is 0.600. The van der Waals surface area contributed by atoms with E-state index in [2.05, 4.69) is 58.1 Å². The summed E-state index contributed by atoms with van der Waals surface area (Å²) in [4.78, 5) is 9.28. The number of rotatable bonds is 4. The van der Waals surface area contributed by atoms with Crippen molar-refractivity contribution in [1.29, 1.82) is 0 Å². The van der Waals surface area contributed by atoms with Crippen LogP contribution in [0.15, 0.2) is 47.6 Å². The van der Waals surface area contributed by atoms with Crippen LogP contribution in [0.4, 0.5) is 5.69 Å². The van der Waals surface area contributed by atoms with Gasteiger partial charge in [-0.3, -0.25) is 4.57 Å². The summed E-state index contributed by atoms with van der Waals surface area (Å²) >= 11 is 0. The summed E-state index contributed by atoms with van der Waals surface area (Å²) in [6, 6.07) is 12.2. The molecule has 5 rings (SSSR count). The minimum absolute atomic E-state index is 0.224. The monoisotopic (exact) mass is 515 g/mol. The molecule has 190 valence electrons. The van der Waals surface area contributed by atoms with Gasteiger partial charge in [0.2, 0.25) is 0 Å². The van der Waals surface area contributed by atoms with Crippen molar-refractivity contribution in [1.82, 2.24) is 9.55 Å². The van der Waals surface area contributed by atoms with E-state index in [1.165, 1.54) is 0 Å². The number of nitrogens with zero attached hydrogens (tertiary/aromatic N) is 3. The van der Waals surface area contributed by atoms with E-state index in [1.807, 2.05) is 47.2 Å². The predicted molar refractivity (Wildman–Crippen MR) is 137 cm³/mol. The number of hydrogen-bond donors (Lipinski definition) is 0. The highest BCUT2D eigenvalue weighted by atomic mass is 28.5. The summed E-state index contributed by atoms with van der Waals surface area (Å²) in [5.41, 5.74) is 2.24. The lowest BCUT2D eigenvalue weighted by Gasteiger charge is -2.49. The lowest BCUT2D eigenvalue weighted by molar-refractivity contribution is -0.0541. The highest BCUT2D eigenvalue weighted by Crippen LogP contribution is 2.48. The van der Waals surface area contributed by atoms with Gasteiger partial charge in [-0.05, 0) is 41.4 Å². The van der Waals surface area contributed by atoms with Gasteiger partial charge in [-0.25, -0.2) is 4.99 Å². The maximum absolute atomic E-state index is 7.10. The van der Waals surface area contributed by atoms with Gasteiger partial charge in [0.05, 0.1) is 12.3 Å². The van der Waals surface area contributed by atoms with Crippen LogP contribution in [0.1, 0.15) is 47.8 Å². The first-order valence-corrected chi connectivity index (χ1v) is 17.0. The van der Waals surface area contributed by atoms with E-state index in [0.29, 0.717) is 23.6 Å². The van der Waals surface area contributed by atoms with Crippen LogP contribution in [0.3, 0.4) is 0 Å². The van der Waals surface area contributed by atoms with E-state index < -0.39 is 17.1 Å². The van der Waals surface area contributed by atoms with Crippen molar-refractivity contribution in [3.05, 3.63) is 48.1 Å². The predicted octanol–water partition coefficient (Wildman–Crippen LogP) is 4.95. The SMILES string of the molecule is CC(C)[Si]1(C)OC[C@@H]2O[C@H]3[C@@H](Oc4nc(=Nc5ccccc5)ccn43)C2O[Si](C(C)C)(C(C)C)O1. The van der Waals surface area contributed by atoms with Gasteiger partial charge in [0.1, 0.15) is 12.2 Å². The average molecular weight is 516 g/mol. The van der Waals surface area contributed by atoms with Crippen LogP contribution in [0.5, 0.6) is 6.01 Å². The van der Waals surface area contributed by atoms with Crippen molar-refractivity contribution in [2.45, 2.75) is 89.3 Å². The first-order chi connectivity index (χ1) is 16.6. The molecule has 5 atom stereocenters. The zero-order chi connectivity index (χ0) is 25.0. The number of benzene rings is 1. The molecular weight excluding hydrogens is 478 g/mol. The Morgan fingerprint density at radius 3 is 2.34 bits per heavy atom. The van der Waals surface area contributed by atoms with E-state index in [4.69, 9.17) is 22.4 Å². The van der Waals surface area contributed by atoms with Crippen molar-refractivity contribution in [3.8, 4) is 6.01 Å². The fourth-order valence-corrected chi connectivity index (χ4v) is 14.3. The molecule has 0 N–H and O–H groups in total. The van der Waals surface area contributed by atoms with Gasteiger partial charge in [-0.2, -0.15) is 4.98 Å². The molecule has 0 bridgehead atoms. The number of para-hydroxylation sites is 1. The van der Waals surface area contributed by atoms with Crippen LogP contribution in [0, 0.1) is 0 Å². The second-order valence-corrected chi connectivity index (χ2v) is 19.0. The molecule has 2 unspecified atom stereocenters. The van der Waals surface area contributed by atoms with Crippen molar-refractivity contribution in [2.24, 2.45) is 4.99 Å². The Bertz CT molecular complexity index is 1120. The van der Waals surface area contributed by atoms with E-state index in [0.717, 1.165) is 5.69 Å². The third-order valence-corrected chi connectivity index (χ3v) is 17.1. The Kier molecular flexibility index (Phi) is 6.56. The van der Waals surface area contributed by atoms with Gasteiger partial charge in [0.15, 0.2) is 17.8 Å². The largest absolute Gasteiger partial charge is 0.454 e. The molecule has 0 amide bonds. The molecule has 0 spiro atoms. The summed E-state index contributed by atoms with van der Waals surface area (Å²) in [5, 5.41) is 0. The highest BCUT2D eigenvalue weighted by Gasteiger charge is 2.61. The molecule has 2 saturated heterocycles. The normalized spacial score (nSPS) is 32.2. The van der Waals surface area contributed by atoms with Crippen LogP contribution in [0.25, 0.3) is 0 Å². The van der Waals surface area contributed by atoms with E-state index in [-0.39, 0.29) is 35.6 Å². The smallest absolute Gasteiger partial charge is 0.335 e. The third-order valence-electron chi connectivity index (χ3n) is 7.49. The topological polar surface area (TPSA) is 76.3 Å². The molecule has 3 aliphatic heterocycles. The molecule has 0 aliphatic carbocycles. The maximum atomic E-state index is 7.10. The quantitative estimate of drug-likeness (QED) is 0.536. The lowest BCUT2D eigenvalue weighted by Crippen LogP contribution is -2.64. The first-order valence-electron chi connectivity index (χ1n) is 12.7. The van der Waals surface area contributed by atoms with Crippen LogP contribution in [-0.2, 0) is 17.7 Å². The van der Waals surface area contributed by atoms with Crippen LogP contribution < -0.4 is 10.2 Å². The second-order valence-electron chi connectivity index (χ2n) is 10.8. The Morgan fingerprint density at radius 2 is 1.69 bits per heavy atom. The molecule has 2 fully saturated rings. The lowest BCUT2D eigenvalue weighted by atomic mass is 10.1. The minimum atomic E-state index is -2.70. The molecule has 3 aliphatic rings. The standard InChI is InChI=1S/C25H37N3O5Si2/c1-16(2)34(7)29-15-20-22(32-35(33-34,17(3)4)18(5)6)23-24(30-20)28-14-13-21(27-25(28)31-23)26-19-11-9-8-10-12-19/h8-14,16-18,20,22-24H,15H2,1-7H3/t20-,22?,23-,24-,34?/m0/s1. The Hall–Kier alpha value is -1.83. The summed E-state index contributed by atoms with van der Waals surface area (Å²) in [5.74, 6) is 0. The molecule has 35 heavy (non-hydrogen) atoms.